The molecule has 2 fully saturated rings. The van der Waals surface area contributed by atoms with Crippen molar-refractivity contribution in [1.82, 2.24) is 10.2 Å². The quantitative estimate of drug-likeness (QED) is 0.820. The molecular formula is C18H28N2. The Hall–Kier alpha value is -0.860. The molecule has 2 heteroatoms. The molecule has 0 bridgehead atoms. The number of hydrogen-bond acceptors (Lipinski definition) is 2. The Kier molecular flexibility index (Phi) is 5.10. The first-order chi connectivity index (χ1) is 9.90. The van der Waals surface area contributed by atoms with Gasteiger partial charge in [0, 0.05) is 19.1 Å². The molecule has 1 atom stereocenters. The minimum atomic E-state index is 0.742. The minimum Gasteiger partial charge on any atom is -0.313 e. The number of nitrogens with zero attached hydrogens (tertiary/aromatic N) is 1. The predicted molar refractivity (Wildman–Crippen MR) is 85.0 cm³/mol. The van der Waals surface area contributed by atoms with Crippen molar-refractivity contribution < 1.29 is 0 Å². The molecule has 1 aliphatic heterocycles. The molecule has 1 unspecified atom stereocenters. The third kappa shape index (κ3) is 4.07. The van der Waals surface area contributed by atoms with Gasteiger partial charge in [-0.3, -0.25) is 0 Å². The third-order valence-electron chi connectivity index (χ3n) is 5.04. The van der Waals surface area contributed by atoms with Gasteiger partial charge in [-0.2, -0.15) is 0 Å². The first-order valence-electron chi connectivity index (χ1n) is 8.40. The average molecular weight is 272 g/mol. The Balaban J connectivity index is 1.30. The van der Waals surface area contributed by atoms with Gasteiger partial charge in [-0.1, -0.05) is 49.6 Å². The van der Waals surface area contributed by atoms with Gasteiger partial charge in [0.05, 0.1) is 0 Å². The zero-order valence-electron chi connectivity index (χ0n) is 12.6. The summed E-state index contributed by atoms with van der Waals surface area (Å²) >= 11 is 0. The van der Waals surface area contributed by atoms with E-state index >= 15 is 0 Å². The fourth-order valence-electron chi connectivity index (χ4n) is 3.41. The number of rotatable bonds is 7. The third-order valence-corrected chi connectivity index (χ3v) is 5.04. The van der Waals surface area contributed by atoms with E-state index in [1.165, 1.54) is 70.3 Å². The summed E-state index contributed by atoms with van der Waals surface area (Å²) in [5.74, 6) is 1.04. The lowest BCUT2D eigenvalue weighted by Crippen LogP contribution is -2.34. The summed E-state index contributed by atoms with van der Waals surface area (Å²) in [6, 6.07) is 11.6. The highest BCUT2D eigenvalue weighted by molar-refractivity contribution is 5.14. The van der Waals surface area contributed by atoms with Crippen LogP contribution in [0.5, 0.6) is 0 Å². The highest BCUT2D eigenvalue weighted by Crippen LogP contribution is 2.28. The molecule has 1 saturated heterocycles. The van der Waals surface area contributed by atoms with Crippen LogP contribution in [0.1, 0.15) is 37.7 Å². The Morgan fingerprint density at radius 2 is 1.95 bits per heavy atom. The Bertz CT molecular complexity index is 386. The van der Waals surface area contributed by atoms with Crippen LogP contribution in [-0.4, -0.2) is 37.1 Å². The van der Waals surface area contributed by atoms with E-state index in [0.717, 1.165) is 12.0 Å². The van der Waals surface area contributed by atoms with Gasteiger partial charge in [0.25, 0.3) is 0 Å². The van der Waals surface area contributed by atoms with Crippen molar-refractivity contribution in [2.75, 3.05) is 26.2 Å². The molecule has 20 heavy (non-hydrogen) atoms. The first-order valence-corrected chi connectivity index (χ1v) is 8.40. The van der Waals surface area contributed by atoms with Gasteiger partial charge in [0.15, 0.2) is 0 Å². The van der Waals surface area contributed by atoms with Crippen molar-refractivity contribution in [3.63, 3.8) is 0 Å². The summed E-state index contributed by atoms with van der Waals surface area (Å²) in [6.07, 6.45) is 8.36. The fraction of sp³-hybridized carbons (Fsp3) is 0.667. The molecule has 1 saturated carbocycles. The van der Waals surface area contributed by atoms with Crippen LogP contribution >= 0.6 is 0 Å². The molecule has 1 aromatic carbocycles. The molecule has 1 heterocycles. The highest BCUT2D eigenvalue weighted by Gasteiger charge is 2.22. The lowest BCUT2D eigenvalue weighted by Gasteiger charge is -2.26. The van der Waals surface area contributed by atoms with Gasteiger partial charge in [-0.25, -0.2) is 0 Å². The SMILES string of the molecule is c1ccc(CCN2CCC(NCCC3CCC3)C2)cc1. The van der Waals surface area contributed by atoms with Gasteiger partial charge in [0.1, 0.15) is 0 Å². The van der Waals surface area contributed by atoms with Crippen LogP contribution in [0.2, 0.25) is 0 Å². The van der Waals surface area contributed by atoms with Crippen LogP contribution in [0, 0.1) is 5.92 Å². The summed E-state index contributed by atoms with van der Waals surface area (Å²) < 4.78 is 0. The predicted octanol–water partition coefficient (Wildman–Crippen LogP) is 3.08. The van der Waals surface area contributed by atoms with Crippen LogP contribution in [0.4, 0.5) is 0 Å². The number of hydrogen-bond donors (Lipinski definition) is 1. The van der Waals surface area contributed by atoms with E-state index in [1.54, 1.807) is 0 Å². The van der Waals surface area contributed by atoms with Crippen LogP contribution < -0.4 is 5.32 Å². The van der Waals surface area contributed by atoms with Crippen LogP contribution in [0.25, 0.3) is 0 Å². The Morgan fingerprint density at radius 3 is 2.70 bits per heavy atom. The second kappa shape index (κ2) is 7.24. The molecule has 0 spiro atoms. The van der Waals surface area contributed by atoms with Gasteiger partial charge in [-0.05, 0) is 43.8 Å². The molecule has 110 valence electrons. The standard InChI is InChI=1S/C18H28N2/c1-2-5-17(6-3-1)10-13-20-14-11-18(15-20)19-12-9-16-7-4-8-16/h1-3,5-6,16,18-19H,4,7-15H2. The maximum atomic E-state index is 3.77. The van der Waals surface area contributed by atoms with E-state index in [2.05, 4.69) is 40.5 Å². The van der Waals surface area contributed by atoms with Crippen molar-refractivity contribution in [3.8, 4) is 0 Å². The van der Waals surface area contributed by atoms with Crippen molar-refractivity contribution in [2.24, 2.45) is 5.92 Å². The summed E-state index contributed by atoms with van der Waals surface area (Å²) in [6.45, 7) is 4.97. The van der Waals surface area contributed by atoms with E-state index in [9.17, 15) is 0 Å². The lowest BCUT2D eigenvalue weighted by atomic mass is 9.83. The molecule has 2 nitrogen and oxygen atoms in total. The zero-order chi connectivity index (χ0) is 13.6. The van der Waals surface area contributed by atoms with Crippen LogP contribution in [0.3, 0.4) is 0 Å². The summed E-state index contributed by atoms with van der Waals surface area (Å²) in [5, 5.41) is 3.77. The van der Waals surface area contributed by atoms with Crippen molar-refractivity contribution in [1.29, 1.82) is 0 Å². The van der Waals surface area contributed by atoms with Gasteiger partial charge >= 0.3 is 0 Å². The normalized spacial score (nSPS) is 23.9. The molecule has 0 aromatic heterocycles. The molecule has 0 amide bonds. The van der Waals surface area contributed by atoms with Crippen molar-refractivity contribution in [2.45, 2.75) is 44.6 Å². The Morgan fingerprint density at radius 1 is 1.10 bits per heavy atom. The van der Waals surface area contributed by atoms with Crippen molar-refractivity contribution in [3.05, 3.63) is 35.9 Å². The molecule has 1 N–H and O–H groups in total. The molecule has 1 aliphatic carbocycles. The van der Waals surface area contributed by atoms with E-state index in [1.807, 2.05) is 0 Å². The second-order valence-electron chi connectivity index (χ2n) is 6.56. The average Bonchev–Trinajstić information content (AvgIpc) is 2.88. The monoisotopic (exact) mass is 272 g/mol. The number of benzene rings is 1. The molecule has 1 aromatic rings. The largest absolute Gasteiger partial charge is 0.313 e. The van der Waals surface area contributed by atoms with Crippen molar-refractivity contribution >= 4 is 0 Å². The summed E-state index contributed by atoms with van der Waals surface area (Å²) in [4.78, 5) is 2.62. The van der Waals surface area contributed by atoms with E-state index < -0.39 is 0 Å². The molecule has 0 radical (unpaired) electrons. The van der Waals surface area contributed by atoms with Gasteiger partial charge < -0.3 is 10.2 Å². The molecule has 2 aliphatic rings. The summed E-state index contributed by atoms with van der Waals surface area (Å²) in [5.41, 5.74) is 1.47. The molecular weight excluding hydrogens is 244 g/mol. The van der Waals surface area contributed by atoms with Crippen LogP contribution in [-0.2, 0) is 6.42 Å². The number of likely N-dealkylation sites (tertiary alicyclic amines) is 1. The van der Waals surface area contributed by atoms with Crippen LogP contribution in [0.15, 0.2) is 30.3 Å². The minimum absolute atomic E-state index is 0.742. The topological polar surface area (TPSA) is 15.3 Å². The van der Waals surface area contributed by atoms with E-state index in [0.29, 0.717) is 0 Å². The fourth-order valence-corrected chi connectivity index (χ4v) is 3.41. The van der Waals surface area contributed by atoms with Gasteiger partial charge in [-0.15, -0.1) is 0 Å². The number of nitrogens with one attached hydrogen (secondary N) is 1. The zero-order valence-corrected chi connectivity index (χ0v) is 12.6. The second-order valence-corrected chi connectivity index (χ2v) is 6.56. The lowest BCUT2D eigenvalue weighted by molar-refractivity contribution is 0.284. The summed E-state index contributed by atoms with van der Waals surface area (Å²) in [7, 11) is 0. The smallest absolute Gasteiger partial charge is 0.0207 e. The van der Waals surface area contributed by atoms with E-state index in [-0.39, 0.29) is 0 Å². The molecule has 3 rings (SSSR count). The maximum Gasteiger partial charge on any atom is 0.0207 e. The Labute approximate surface area is 123 Å². The van der Waals surface area contributed by atoms with Gasteiger partial charge in [0.2, 0.25) is 0 Å². The van der Waals surface area contributed by atoms with E-state index in [4.69, 9.17) is 0 Å². The highest BCUT2D eigenvalue weighted by atomic mass is 15.2. The maximum absolute atomic E-state index is 3.77. The first kappa shape index (κ1) is 14.1.